The minimum absolute atomic E-state index is 0.0801. The standard InChI is InChI=1S/C28H24F4N6O2/c29-16-5-8-38-22(13-33-24(38)11-16)17-1-3-20(25-18(17)12-34-26(25)39)35-23-4-2-19-21(36-23)14-37(15-28(30,31)32)27(19)6-9-40-10-7-27/h1-5,8,11,13H,6-7,9-10,12,14-15H2,(H,34,39)(H,35,36). The number of hydrogen-bond acceptors (Lipinski definition) is 6. The third-order valence-corrected chi connectivity index (χ3v) is 8.09. The van der Waals surface area contributed by atoms with Crippen molar-refractivity contribution in [3.8, 4) is 11.3 Å². The van der Waals surface area contributed by atoms with Crippen molar-refractivity contribution in [3.05, 3.63) is 77.0 Å². The van der Waals surface area contributed by atoms with E-state index < -0.39 is 24.1 Å². The van der Waals surface area contributed by atoms with Crippen LogP contribution < -0.4 is 10.6 Å². The average Bonchev–Trinajstić information content (AvgIpc) is 3.59. The summed E-state index contributed by atoms with van der Waals surface area (Å²) in [4.78, 5) is 23.4. The minimum atomic E-state index is -4.33. The van der Waals surface area contributed by atoms with Gasteiger partial charge in [0.15, 0.2) is 0 Å². The number of benzene rings is 1. The molecular formula is C28H24F4N6O2. The molecule has 12 heteroatoms. The van der Waals surface area contributed by atoms with E-state index in [1.807, 2.05) is 12.1 Å². The first kappa shape index (κ1) is 25.0. The van der Waals surface area contributed by atoms with Gasteiger partial charge in [0.25, 0.3) is 5.91 Å². The van der Waals surface area contributed by atoms with Crippen molar-refractivity contribution in [2.75, 3.05) is 25.1 Å². The van der Waals surface area contributed by atoms with E-state index in [-0.39, 0.29) is 12.5 Å². The second-order valence-electron chi connectivity index (χ2n) is 10.3. The molecule has 0 unspecified atom stereocenters. The molecule has 0 saturated carbocycles. The fourth-order valence-electron chi connectivity index (χ4n) is 6.32. The lowest BCUT2D eigenvalue weighted by atomic mass is 9.83. The highest BCUT2D eigenvalue weighted by atomic mass is 19.4. The van der Waals surface area contributed by atoms with Crippen LogP contribution in [0.1, 0.15) is 40.0 Å². The fourth-order valence-corrected chi connectivity index (χ4v) is 6.32. The van der Waals surface area contributed by atoms with Gasteiger partial charge >= 0.3 is 6.18 Å². The Kier molecular flexibility index (Phi) is 5.62. The van der Waals surface area contributed by atoms with Gasteiger partial charge in [-0.2, -0.15) is 13.2 Å². The fraction of sp³-hybridized carbons (Fsp3) is 0.321. The summed E-state index contributed by atoms with van der Waals surface area (Å²) in [6.45, 7) is 0.154. The number of carbonyl (C=O) groups is 1. The van der Waals surface area contributed by atoms with Crippen LogP contribution in [0.15, 0.2) is 48.8 Å². The molecular weight excluding hydrogens is 528 g/mol. The van der Waals surface area contributed by atoms with Gasteiger partial charge in [-0.15, -0.1) is 0 Å². The molecule has 3 aliphatic rings. The SMILES string of the molecule is O=C1NCc2c(-c3cnc4cc(F)ccn34)ccc(Nc3ccc4c(n3)CN(CC(F)(F)F)C43CCOCC3)c21. The number of anilines is 2. The molecule has 8 nitrogen and oxygen atoms in total. The predicted octanol–water partition coefficient (Wildman–Crippen LogP) is 4.91. The van der Waals surface area contributed by atoms with E-state index in [0.717, 1.165) is 22.4 Å². The molecule has 3 aromatic heterocycles. The van der Waals surface area contributed by atoms with Gasteiger partial charge in [-0.3, -0.25) is 14.1 Å². The van der Waals surface area contributed by atoms with Crippen LogP contribution in [0.3, 0.4) is 0 Å². The predicted molar refractivity (Wildman–Crippen MR) is 137 cm³/mol. The lowest BCUT2D eigenvalue weighted by molar-refractivity contribution is -0.167. The van der Waals surface area contributed by atoms with Crippen LogP contribution in [0, 0.1) is 5.82 Å². The van der Waals surface area contributed by atoms with Gasteiger partial charge in [-0.25, -0.2) is 14.4 Å². The summed E-state index contributed by atoms with van der Waals surface area (Å²) in [5, 5.41) is 6.09. The van der Waals surface area contributed by atoms with E-state index in [2.05, 4.69) is 15.6 Å². The minimum Gasteiger partial charge on any atom is -0.381 e. The summed E-state index contributed by atoms with van der Waals surface area (Å²) < 4.78 is 61.3. The zero-order valence-corrected chi connectivity index (χ0v) is 21.2. The lowest BCUT2D eigenvalue weighted by Gasteiger charge is -2.42. The van der Waals surface area contributed by atoms with Crippen LogP contribution in [0.4, 0.5) is 29.1 Å². The van der Waals surface area contributed by atoms with Crippen LogP contribution in [0.2, 0.25) is 0 Å². The van der Waals surface area contributed by atoms with Crippen molar-refractivity contribution in [1.82, 2.24) is 24.6 Å². The largest absolute Gasteiger partial charge is 0.401 e. The quantitative estimate of drug-likeness (QED) is 0.351. The van der Waals surface area contributed by atoms with E-state index >= 15 is 0 Å². The average molecular weight is 553 g/mol. The number of nitrogens with zero attached hydrogens (tertiary/aromatic N) is 4. The molecule has 0 atom stereocenters. The summed E-state index contributed by atoms with van der Waals surface area (Å²) >= 11 is 0. The van der Waals surface area contributed by atoms with Crippen molar-refractivity contribution < 1.29 is 27.1 Å². The van der Waals surface area contributed by atoms with Crippen LogP contribution >= 0.6 is 0 Å². The number of nitrogens with one attached hydrogen (secondary N) is 2. The van der Waals surface area contributed by atoms with Gasteiger partial charge in [0.2, 0.25) is 0 Å². The molecule has 1 amide bonds. The first-order valence-corrected chi connectivity index (χ1v) is 13.0. The Labute approximate surface area is 226 Å². The molecule has 0 bridgehead atoms. The second kappa shape index (κ2) is 9.00. The number of aromatic nitrogens is 3. The number of ether oxygens (including phenoxy) is 1. The van der Waals surface area contributed by atoms with Crippen LogP contribution in [-0.4, -0.2) is 51.1 Å². The Morgan fingerprint density at radius 2 is 1.95 bits per heavy atom. The smallest absolute Gasteiger partial charge is 0.381 e. The maximum absolute atomic E-state index is 13.7. The zero-order valence-electron chi connectivity index (χ0n) is 21.2. The normalized spacial score (nSPS) is 18.2. The van der Waals surface area contributed by atoms with Crippen molar-refractivity contribution in [1.29, 1.82) is 0 Å². The van der Waals surface area contributed by atoms with Crippen molar-refractivity contribution in [2.45, 2.75) is 37.6 Å². The summed E-state index contributed by atoms with van der Waals surface area (Å²) in [6.07, 6.45) is -0.164. The summed E-state index contributed by atoms with van der Waals surface area (Å²) in [6, 6.07) is 9.91. The molecule has 4 aromatic rings. The second-order valence-corrected chi connectivity index (χ2v) is 10.3. The van der Waals surface area contributed by atoms with E-state index in [0.29, 0.717) is 61.0 Å². The molecule has 0 aliphatic carbocycles. The van der Waals surface area contributed by atoms with Gasteiger partial charge < -0.3 is 15.4 Å². The van der Waals surface area contributed by atoms with Crippen LogP contribution in [0.25, 0.3) is 16.9 Å². The van der Waals surface area contributed by atoms with E-state index in [1.54, 1.807) is 28.9 Å². The zero-order chi connectivity index (χ0) is 27.6. The summed E-state index contributed by atoms with van der Waals surface area (Å²) in [7, 11) is 0. The Morgan fingerprint density at radius 1 is 1.12 bits per heavy atom. The maximum atomic E-state index is 13.7. The van der Waals surface area contributed by atoms with Gasteiger partial charge in [0, 0.05) is 44.1 Å². The number of amides is 1. The van der Waals surface area contributed by atoms with Crippen molar-refractivity contribution >= 4 is 23.1 Å². The number of pyridine rings is 2. The number of hydrogen-bond donors (Lipinski definition) is 2. The third-order valence-electron chi connectivity index (χ3n) is 8.09. The molecule has 206 valence electrons. The third kappa shape index (κ3) is 4.01. The van der Waals surface area contributed by atoms with Gasteiger partial charge in [-0.1, -0.05) is 12.1 Å². The number of halogens is 4. The number of fused-ring (bicyclic) bond motifs is 4. The molecule has 1 spiro atoms. The highest BCUT2D eigenvalue weighted by Gasteiger charge is 2.50. The Morgan fingerprint density at radius 3 is 2.75 bits per heavy atom. The number of imidazole rings is 1. The van der Waals surface area contributed by atoms with Gasteiger partial charge in [0.1, 0.15) is 17.3 Å². The molecule has 6 heterocycles. The molecule has 1 fully saturated rings. The maximum Gasteiger partial charge on any atom is 0.401 e. The molecule has 1 aromatic carbocycles. The Balaban J connectivity index is 1.24. The van der Waals surface area contributed by atoms with Crippen LogP contribution in [0.5, 0.6) is 0 Å². The number of alkyl halides is 3. The van der Waals surface area contributed by atoms with Gasteiger partial charge in [0.05, 0.1) is 40.9 Å². The summed E-state index contributed by atoms with van der Waals surface area (Å²) in [5.41, 5.74) is 4.34. The van der Waals surface area contributed by atoms with Crippen molar-refractivity contribution in [3.63, 3.8) is 0 Å². The van der Waals surface area contributed by atoms with E-state index in [9.17, 15) is 22.4 Å². The molecule has 0 radical (unpaired) electrons. The Bertz CT molecular complexity index is 1660. The van der Waals surface area contributed by atoms with E-state index in [1.165, 1.54) is 17.0 Å². The number of carbonyl (C=O) groups excluding carboxylic acids is 1. The topological polar surface area (TPSA) is 83.8 Å². The number of rotatable bonds is 4. The monoisotopic (exact) mass is 552 g/mol. The lowest BCUT2D eigenvalue weighted by Crippen LogP contribution is -2.48. The molecule has 3 aliphatic heterocycles. The molecule has 7 rings (SSSR count). The molecule has 1 saturated heterocycles. The van der Waals surface area contributed by atoms with Crippen molar-refractivity contribution in [2.24, 2.45) is 0 Å². The molecule has 2 N–H and O–H groups in total. The highest BCUT2D eigenvalue weighted by molar-refractivity contribution is 6.06. The highest BCUT2D eigenvalue weighted by Crippen LogP contribution is 2.47. The van der Waals surface area contributed by atoms with E-state index in [4.69, 9.17) is 9.72 Å². The Hall–Kier alpha value is -4.03. The first-order chi connectivity index (χ1) is 19.2. The summed E-state index contributed by atoms with van der Waals surface area (Å²) in [5.74, 6) is -0.204. The first-order valence-electron chi connectivity index (χ1n) is 13.0. The molecule has 40 heavy (non-hydrogen) atoms. The van der Waals surface area contributed by atoms with Gasteiger partial charge in [-0.05, 0) is 42.2 Å². The van der Waals surface area contributed by atoms with Crippen LogP contribution in [-0.2, 0) is 23.4 Å².